The Hall–Kier alpha value is -2.07. The first-order valence-corrected chi connectivity index (χ1v) is 8.13. The van der Waals surface area contributed by atoms with Crippen molar-refractivity contribution in [3.8, 4) is 0 Å². The van der Waals surface area contributed by atoms with Gasteiger partial charge in [0.05, 0.1) is 18.9 Å². The molecule has 0 spiro atoms. The fourth-order valence-electron chi connectivity index (χ4n) is 1.23. The van der Waals surface area contributed by atoms with Gasteiger partial charge in [-0.2, -0.15) is 13.2 Å². The second-order valence-corrected chi connectivity index (χ2v) is 5.81. The number of esters is 1. The van der Waals surface area contributed by atoms with Crippen LogP contribution in [-0.4, -0.2) is 30.7 Å². The Bertz CT molecular complexity index is 672. The van der Waals surface area contributed by atoms with Crippen molar-refractivity contribution in [1.82, 2.24) is 10.3 Å². The lowest BCUT2D eigenvalue weighted by Gasteiger charge is -2.03. The van der Waals surface area contributed by atoms with E-state index in [1.54, 1.807) is 13.2 Å². The number of ether oxygens (including phenoxy) is 1. The third-order valence-electron chi connectivity index (χ3n) is 2.28. The molecule has 5 nitrogen and oxygen atoms in total. The van der Waals surface area contributed by atoms with Crippen LogP contribution in [0.3, 0.4) is 0 Å². The zero-order valence-corrected chi connectivity index (χ0v) is 14.3. The average Bonchev–Trinajstić information content (AvgIpc) is 2.64. The highest BCUT2D eigenvalue weighted by molar-refractivity contribution is 8.12. The summed E-state index contributed by atoms with van der Waals surface area (Å²) < 4.78 is 43.6. The summed E-state index contributed by atoms with van der Waals surface area (Å²) in [6, 6.07) is 2.32. The van der Waals surface area contributed by atoms with E-state index in [4.69, 9.17) is 0 Å². The number of alkyl halides is 3. The van der Waals surface area contributed by atoms with Gasteiger partial charge in [-0.1, -0.05) is 11.8 Å². The van der Waals surface area contributed by atoms with Gasteiger partial charge >= 0.3 is 12.1 Å². The number of hydrogen-bond donors (Lipinski definition) is 1. The molecular formula is C14H14F3N3O2S2. The number of halogens is 3. The van der Waals surface area contributed by atoms with E-state index in [2.05, 4.69) is 20.0 Å². The van der Waals surface area contributed by atoms with E-state index in [0.717, 1.165) is 42.5 Å². The molecule has 0 atom stereocenters. The molecule has 24 heavy (non-hydrogen) atoms. The number of aliphatic imine (C=N–C) groups is 1. The molecule has 1 rings (SSSR count). The van der Waals surface area contributed by atoms with Gasteiger partial charge in [-0.15, -0.1) is 11.3 Å². The quantitative estimate of drug-likeness (QED) is 0.365. The molecule has 1 N–H and O–H groups in total. The van der Waals surface area contributed by atoms with Crippen molar-refractivity contribution in [2.45, 2.75) is 11.1 Å². The van der Waals surface area contributed by atoms with Crippen LogP contribution in [0.5, 0.6) is 0 Å². The largest absolute Gasteiger partial charge is 0.465 e. The molecule has 0 saturated carbocycles. The third kappa shape index (κ3) is 7.01. The predicted molar refractivity (Wildman–Crippen MR) is 88.6 cm³/mol. The molecule has 0 unspecified atom stereocenters. The van der Waals surface area contributed by atoms with Gasteiger partial charge in [-0.05, 0) is 17.5 Å². The van der Waals surface area contributed by atoms with Gasteiger partial charge < -0.3 is 10.1 Å². The molecule has 0 bridgehead atoms. The van der Waals surface area contributed by atoms with Gasteiger partial charge in [0, 0.05) is 24.3 Å². The van der Waals surface area contributed by atoms with Crippen LogP contribution in [0.2, 0.25) is 0 Å². The van der Waals surface area contributed by atoms with Crippen LogP contribution < -0.4 is 5.32 Å². The van der Waals surface area contributed by atoms with Gasteiger partial charge in [0.2, 0.25) is 0 Å². The van der Waals surface area contributed by atoms with Crippen molar-refractivity contribution in [3.05, 3.63) is 46.7 Å². The minimum Gasteiger partial charge on any atom is -0.465 e. The van der Waals surface area contributed by atoms with Crippen LogP contribution in [0.25, 0.3) is 0 Å². The molecule has 0 amide bonds. The molecule has 10 heteroatoms. The molecule has 0 fully saturated rings. The summed E-state index contributed by atoms with van der Waals surface area (Å²) >= 11 is 1.90. The van der Waals surface area contributed by atoms with Crippen molar-refractivity contribution >= 4 is 34.6 Å². The molecule has 1 aromatic rings. The number of carbonyl (C=O) groups excluding carboxylic acids is 1. The summed E-state index contributed by atoms with van der Waals surface area (Å²) in [4.78, 5) is 19.0. The van der Waals surface area contributed by atoms with Gasteiger partial charge in [-0.3, -0.25) is 4.99 Å². The molecule has 0 saturated heterocycles. The Morgan fingerprint density at radius 3 is 2.88 bits per heavy atom. The van der Waals surface area contributed by atoms with Crippen LogP contribution in [0.4, 0.5) is 13.2 Å². The molecule has 1 heterocycles. The smallest absolute Gasteiger partial charge is 0.433 e. The molecule has 0 aliphatic heterocycles. The maximum Gasteiger partial charge on any atom is 0.433 e. The molecule has 0 aliphatic rings. The number of nitrogens with zero attached hydrogens (tertiary/aromatic N) is 2. The van der Waals surface area contributed by atoms with Gasteiger partial charge in [0.25, 0.3) is 0 Å². The zero-order valence-electron chi connectivity index (χ0n) is 12.7. The van der Waals surface area contributed by atoms with Gasteiger partial charge in [0.1, 0.15) is 10.6 Å². The average molecular weight is 377 g/mol. The normalized spacial score (nSPS) is 11.5. The van der Waals surface area contributed by atoms with Crippen molar-refractivity contribution in [2.24, 2.45) is 4.99 Å². The number of rotatable bonds is 5. The van der Waals surface area contributed by atoms with E-state index in [1.807, 2.05) is 0 Å². The first kappa shape index (κ1) is 20.0. The van der Waals surface area contributed by atoms with E-state index < -0.39 is 17.8 Å². The summed E-state index contributed by atoms with van der Waals surface area (Å²) in [6.07, 6.45) is -0.792. The molecule has 0 aliphatic carbocycles. The Balaban J connectivity index is 3.29. The predicted octanol–water partition coefficient (Wildman–Crippen LogP) is 3.88. The number of thioether (sulfide) groups is 1. The first-order valence-electron chi connectivity index (χ1n) is 6.37. The minimum absolute atomic E-state index is 0.0548. The van der Waals surface area contributed by atoms with Gasteiger partial charge in [-0.25, -0.2) is 9.78 Å². The number of nitrogens with one attached hydrogen (secondary N) is 1. The fraction of sp³-hybridized carbons (Fsp3) is 0.214. The molecule has 0 radical (unpaired) electrons. The van der Waals surface area contributed by atoms with Crippen LogP contribution in [0, 0.1) is 0 Å². The Morgan fingerprint density at radius 1 is 1.50 bits per heavy atom. The second-order valence-electron chi connectivity index (χ2n) is 3.94. The summed E-state index contributed by atoms with van der Waals surface area (Å²) in [5.41, 5.74) is 0.257. The number of carbonyl (C=O) groups is 1. The van der Waals surface area contributed by atoms with Crippen molar-refractivity contribution in [1.29, 1.82) is 0 Å². The maximum atomic E-state index is 13.0. The topological polar surface area (TPSA) is 63.6 Å². The number of hydrogen-bond acceptors (Lipinski definition) is 7. The maximum absolute atomic E-state index is 13.0. The van der Waals surface area contributed by atoms with E-state index in [0.29, 0.717) is 0 Å². The number of aromatic nitrogens is 1. The SMILES string of the molecule is CN/C=C\N=CSc1ccsc(C(=O)OC)cnc(C(F)(F)F)c1. The van der Waals surface area contributed by atoms with Crippen LogP contribution in [0.15, 0.2) is 46.0 Å². The van der Waals surface area contributed by atoms with Crippen LogP contribution >= 0.6 is 23.1 Å². The highest BCUT2D eigenvalue weighted by Gasteiger charge is 2.32. The summed E-state index contributed by atoms with van der Waals surface area (Å²) in [6.45, 7) is 0. The fourth-order valence-corrected chi connectivity index (χ4v) is 2.55. The molecule has 1 aromatic heterocycles. The summed E-state index contributed by atoms with van der Waals surface area (Å²) in [7, 11) is 2.83. The Morgan fingerprint density at radius 2 is 2.25 bits per heavy atom. The zero-order chi connectivity index (χ0) is 18.0. The van der Waals surface area contributed by atoms with Gasteiger partial charge in [0.15, 0.2) is 0 Å². The second kappa shape index (κ2) is 9.93. The van der Waals surface area contributed by atoms with Crippen molar-refractivity contribution < 1.29 is 22.7 Å². The highest BCUT2D eigenvalue weighted by Crippen LogP contribution is 2.29. The van der Waals surface area contributed by atoms with Crippen molar-refractivity contribution in [3.63, 3.8) is 0 Å². The highest BCUT2D eigenvalue weighted by atomic mass is 32.2. The Kier molecular flexibility index (Phi) is 8.27. The Labute approximate surface area is 145 Å². The number of methoxy groups -OCH3 is 1. The van der Waals surface area contributed by atoms with Crippen LogP contribution in [0.1, 0.15) is 15.4 Å². The summed E-state index contributed by atoms with van der Waals surface area (Å²) in [5, 5.41) is 4.21. The van der Waals surface area contributed by atoms with E-state index >= 15 is 0 Å². The first-order chi connectivity index (χ1) is 11.4. The third-order valence-corrected chi connectivity index (χ3v) is 3.83. The molecular weight excluding hydrogens is 363 g/mol. The van der Waals surface area contributed by atoms with E-state index in [9.17, 15) is 18.0 Å². The standard InChI is InChI=1S/C14H14F3N3O2S2/c1-18-4-5-19-9-24-10-3-6-23-11(13(21)22-2)8-20-12(7-10)14(15,16)17/h3-9,18H,1-2H3/b5-4-,6-3?,10-7?,11-8?,19-9?,20-12?. The van der Waals surface area contributed by atoms with Crippen LogP contribution in [-0.2, 0) is 10.9 Å². The monoisotopic (exact) mass is 377 g/mol. The lowest BCUT2D eigenvalue weighted by molar-refractivity contribution is -0.141. The molecule has 0 aromatic carbocycles. The lowest BCUT2D eigenvalue weighted by Crippen LogP contribution is -2.07. The van der Waals surface area contributed by atoms with Crippen molar-refractivity contribution in [2.75, 3.05) is 14.2 Å². The summed E-state index contributed by atoms with van der Waals surface area (Å²) in [5.74, 6) is -0.759. The molecule has 130 valence electrons. The van der Waals surface area contributed by atoms with E-state index in [1.165, 1.54) is 23.2 Å². The lowest BCUT2D eigenvalue weighted by atomic mass is 10.4. The minimum atomic E-state index is -4.66. The van der Waals surface area contributed by atoms with E-state index in [-0.39, 0.29) is 9.77 Å².